The van der Waals surface area contributed by atoms with Crippen LogP contribution in [0.15, 0.2) is 22.7 Å². The van der Waals surface area contributed by atoms with Crippen LogP contribution in [0.3, 0.4) is 0 Å². The standard InChI is InChI=1S/C14H18BrClN2O/c15-12-2-1-11(13(16)8-12)9-18-5-3-10(4-6-18)7-14(17)19/h1-2,8,10H,3-7,9H2,(H2,17,19). The van der Waals surface area contributed by atoms with Crippen LogP contribution >= 0.6 is 27.5 Å². The summed E-state index contributed by atoms with van der Waals surface area (Å²) in [7, 11) is 0. The van der Waals surface area contributed by atoms with Crippen molar-refractivity contribution in [1.29, 1.82) is 0 Å². The van der Waals surface area contributed by atoms with Gasteiger partial charge in [-0.3, -0.25) is 9.69 Å². The molecule has 1 fully saturated rings. The van der Waals surface area contributed by atoms with Gasteiger partial charge in [0.25, 0.3) is 0 Å². The van der Waals surface area contributed by atoms with Crippen molar-refractivity contribution in [1.82, 2.24) is 4.90 Å². The first kappa shape index (κ1) is 14.8. The smallest absolute Gasteiger partial charge is 0.217 e. The Morgan fingerprint density at radius 1 is 1.42 bits per heavy atom. The number of carbonyl (C=O) groups excluding carboxylic acids is 1. The van der Waals surface area contributed by atoms with E-state index in [1.54, 1.807) is 0 Å². The topological polar surface area (TPSA) is 46.3 Å². The zero-order valence-corrected chi connectivity index (χ0v) is 13.1. The molecule has 0 bridgehead atoms. The van der Waals surface area contributed by atoms with E-state index >= 15 is 0 Å². The van der Waals surface area contributed by atoms with Crippen LogP contribution in [0.2, 0.25) is 5.02 Å². The van der Waals surface area contributed by atoms with Crippen LogP contribution in [0.25, 0.3) is 0 Å². The van der Waals surface area contributed by atoms with E-state index in [0.717, 1.165) is 47.5 Å². The number of nitrogens with zero attached hydrogens (tertiary/aromatic N) is 1. The van der Waals surface area contributed by atoms with Crippen molar-refractivity contribution in [2.45, 2.75) is 25.8 Å². The van der Waals surface area contributed by atoms with Crippen molar-refractivity contribution in [3.63, 3.8) is 0 Å². The quantitative estimate of drug-likeness (QED) is 0.911. The molecule has 2 rings (SSSR count). The molecule has 2 N–H and O–H groups in total. The van der Waals surface area contributed by atoms with Crippen molar-refractivity contribution >= 4 is 33.4 Å². The highest BCUT2D eigenvalue weighted by Crippen LogP contribution is 2.25. The molecule has 0 aliphatic carbocycles. The SMILES string of the molecule is NC(=O)CC1CCN(Cc2ccc(Br)cc2Cl)CC1. The van der Waals surface area contributed by atoms with E-state index in [0.29, 0.717) is 12.3 Å². The normalized spacial score (nSPS) is 17.6. The zero-order valence-electron chi connectivity index (χ0n) is 10.7. The minimum atomic E-state index is -0.186. The van der Waals surface area contributed by atoms with Crippen molar-refractivity contribution < 1.29 is 4.79 Å². The number of rotatable bonds is 4. The molecule has 3 nitrogen and oxygen atoms in total. The number of amides is 1. The van der Waals surface area contributed by atoms with Gasteiger partial charge in [-0.2, -0.15) is 0 Å². The summed E-state index contributed by atoms with van der Waals surface area (Å²) >= 11 is 9.64. The molecule has 1 saturated heterocycles. The summed E-state index contributed by atoms with van der Waals surface area (Å²) in [5.74, 6) is 0.267. The molecule has 0 spiro atoms. The van der Waals surface area contributed by atoms with Gasteiger partial charge in [0.15, 0.2) is 0 Å². The van der Waals surface area contributed by atoms with Crippen LogP contribution in [0, 0.1) is 5.92 Å². The minimum absolute atomic E-state index is 0.186. The second kappa shape index (κ2) is 6.73. The Balaban J connectivity index is 1.87. The van der Waals surface area contributed by atoms with Gasteiger partial charge in [0.05, 0.1) is 0 Å². The van der Waals surface area contributed by atoms with Gasteiger partial charge in [-0.15, -0.1) is 0 Å². The lowest BCUT2D eigenvalue weighted by Gasteiger charge is -2.31. The van der Waals surface area contributed by atoms with Crippen LogP contribution in [-0.4, -0.2) is 23.9 Å². The summed E-state index contributed by atoms with van der Waals surface area (Å²) in [6.45, 7) is 2.88. The highest BCUT2D eigenvalue weighted by molar-refractivity contribution is 9.10. The first-order valence-corrected chi connectivity index (χ1v) is 7.66. The van der Waals surface area contributed by atoms with Gasteiger partial charge in [0.2, 0.25) is 5.91 Å². The Morgan fingerprint density at radius 3 is 2.68 bits per heavy atom. The van der Waals surface area contributed by atoms with Gasteiger partial charge < -0.3 is 5.73 Å². The molecule has 0 unspecified atom stereocenters. The molecule has 1 amide bonds. The van der Waals surface area contributed by atoms with Crippen molar-refractivity contribution in [2.75, 3.05) is 13.1 Å². The number of hydrogen-bond donors (Lipinski definition) is 1. The molecule has 1 aromatic carbocycles. The zero-order chi connectivity index (χ0) is 13.8. The van der Waals surface area contributed by atoms with Crippen molar-refractivity contribution in [2.24, 2.45) is 11.7 Å². The van der Waals surface area contributed by atoms with Crippen LogP contribution in [0.5, 0.6) is 0 Å². The van der Waals surface area contributed by atoms with E-state index < -0.39 is 0 Å². The fourth-order valence-electron chi connectivity index (χ4n) is 2.52. The number of nitrogens with two attached hydrogens (primary N) is 1. The molecule has 1 heterocycles. The maximum absolute atomic E-state index is 10.9. The van der Waals surface area contributed by atoms with E-state index in [-0.39, 0.29) is 5.91 Å². The number of primary amides is 1. The maximum atomic E-state index is 10.9. The Morgan fingerprint density at radius 2 is 2.11 bits per heavy atom. The van der Waals surface area contributed by atoms with E-state index in [1.165, 1.54) is 0 Å². The van der Waals surface area contributed by atoms with Crippen LogP contribution in [-0.2, 0) is 11.3 Å². The van der Waals surface area contributed by atoms with Crippen molar-refractivity contribution in [3.05, 3.63) is 33.3 Å². The average molecular weight is 346 g/mol. The Kier molecular flexibility index (Phi) is 5.25. The average Bonchev–Trinajstić information content (AvgIpc) is 2.34. The minimum Gasteiger partial charge on any atom is -0.370 e. The Bertz CT molecular complexity index is 459. The number of carbonyl (C=O) groups is 1. The lowest BCUT2D eigenvalue weighted by Crippen LogP contribution is -2.34. The fraction of sp³-hybridized carbons (Fsp3) is 0.500. The summed E-state index contributed by atoms with van der Waals surface area (Å²) in [5, 5.41) is 0.800. The molecule has 1 aliphatic rings. The molecular formula is C14H18BrClN2O. The third-order valence-corrected chi connectivity index (χ3v) is 4.45. The van der Waals surface area contributed by atoms with Gasteiger partial charge in [-0.25, -0.2) is 0 Å². The Labute approximate surface area is 127 Å². The fourth-order valence-corrected chi connectivity index (χ4v) is 3.26. The monoisotopic (exact) mass is 344 g/mol. The third kappa shape index (κ3) is 4.48. The van der Waals surface area contributed by atoms with Crippen LogP contribution < -0.4 is 5.73 Å². The molecular weight excluding hydrogens is 328 g/mol. The number of likely N-dealkylation sites (tertiary alicyclic amines) is 1. The summed E-state index contributed by atoms with van der Waals surface area (Å²) in [4.78, 5) is 13.3. The Hall–Kier alpha value is -0.580. The molecule has 0 aromatic heterocycles. The third-order valence-electron chi connectivity index (χ3n) is 3.61. The van der Waals surface area contributed by atoms with E-state index in [4.69, 9.17) is 17.3 Å². The number of hydrogen-bond acceptors (Lipinski definition) is 2. The van der Waals surface area contributed by atoms with Gasteiger partial charge >= 0.3 is 0 Å². The van der Waals surface area contributed by atoms with Crippen LogP contribution in [0.1, 0.15) is 24.8 Å². The first-order valence-electron chi connectivity index (χ1n) is 6.49. The summed E-state index contributed by atoms with van der Waals surface area (Å²) in [6, 6.07) is 6.00. The molecule has 0 saturated carbocycles. The van der Waals surface area contributed by atoms with Gasteiger partial charge in [-0.05, 0) is 49.5 Å². The number of piperidine rings is 1. The van der Waals surface area contributed by atoms with E-state index in [9.17, 15) is 4.79 Å². The molecule has 1 aliphatic heterocycles. The largest absolute Gasteiger partial charge is 0.370 e. The second-order valence-electron chi connectivity index (χ2n) is 5.13. The summed E-state index contributed by atoms with van der Waals surface area (Å²) < 4.78 is 1.00. The lowest BCUT2D eigenvalue weighted by atomic mass is 9.93. The van der Waals surface area contributed by atoms with Gasteiger partial charge in [-0.1, -0.05) is 33.6 Å². The number of benzene rings is 1. The highest BCUT2D eigenvalue weighted by atomic mass is 79.9. The molecule has 1 aromatic rings. The van der Waals surface area contributed by atoms with E-state index in [2.05, 4.69) is 26.9 Å². The second-order valence-corrected chi connectivity index (χ2v) is 6.45. The predicted molar refractivity (Wildman–Crippen MR) is 81.0 cm³/mol. The molecule has 5 heteroatoms. The van der Waals surface area contributed by atoms with Crippen LogP contribution in [0.4, 0.5) is 0 Å². The molecule has 104 valence electrons. The summed E-state index contributed by atoms with van der Waals surface area (Å²) in [5.41, 5.74) is 6.39. The molecule has 0 radical (unpaired) electrons. The first-order chi connectivity index (χ1) is 9.04. The predicted octanol–water partition coefficient (Wildman–Crippen LogP) is 3.19. The molecule has 19 heavy (non-hydrogen) atoms. The van der Waals surface area contributed by atoms with Gasteiger partial charge in [0, 0.05) is 22.5 Å². The van der Waals surface area contributed by atoms with Crippen molar-refractivity contribution in [3.8, 4) is 0 Å². The van der Waals surface area contributed by atoms with E-state index in [1.807, 2.05) is 12.1 Å². The molecule has 0 atom stereocenters. The number of halogens is 2. The summed E-state index contributed by atoms with van der Waals surface area (Å²) in [6.07, 6.45) is 2.60. The maximum Gasteiger partial charge on any atom is 0.217 e. The highest BCUT2D eigenvalue weighted by Gasteiger charge is 2.21. The van der Waals surface area contributed by atoms with Gasteiger partial charge in [0.1, 0.15) is 0 Å². The lowest BCUT2D eigenvalue weighted by molar-refractivity contribution is -0.119.